The molecule has 21 heavy (non-hydrogen) atoms. The summed E-state index contributed by atoms with van der Waals surface area (Å²) in [5.41, 5.74) is 1.05. The van der Waals surface area contributed by atoms with Crippen LogP contribution in [-0.4, -0.2) is 35.9 Å². The van der Waals surface area contributed by atoms with Crippen molar-refractivity contribution in [1.29, 1.82) is 0 Å². The van der Waals surface area contributed by atoms with Gasteiger partial charge in [0.1, 0.15) is 18.5 Å². The summed E-state index contributed by atoms with van der Waals surface area (Å²) < 4.78 is 5.72. The van der Waals surface area contributed by atoms with Gasteiger partial charge in [0.05, 0.1) is 0 Å². The van der Waals surface area contributed by atoms with Crippen LogP contribution in [0.15, 0.2) is 30.5 Å². The fraction of sp³-hybridized carbons (Fsp3) is 0.529. The fourth-order valence-electron chi connectivity index (χ4n) is 2.37. The molecule has 0 aliphatic carbocycles. The van der Waals surface area contributed by atoms with E-state index >= 15 is 0 Å². The molecule has 0 amide bonds. The number of H-pyrrole nitrogens is 1. The highest BCUT2D eigenvalue weighted by Crippen LogP contribution is 2.24. The van der Waals surface area contributed by atoms with Crippen LogP contribution in [0.4, 0.5) is 0 Å². The summed E-state index contributed by atoms with van der Waals surface area (Å²) in [6.45, 7) is 4.06. The van der Waals surface area contributed by atoms with E-state index in [1.54, 1.807) is 0 Å². The first-order valence-electron chi connectivity index (χ1n) is 7.89. The van der Waals surface area contributed by atoms with Gasteiger partial charge in [-0.05, 0) is 31.2 Å². The van der Waals surface area contributed by atoms with Crippen LogP contribution in [0, 0.1) is 0 Å². The Morgan fingerprint density at radius 3 is 3.00 bits per heavy atom. The molecule has 4 heteroatoms. The molecule has 1 unspecified atom stereocenters. The van der Waals surface area contributed by atoms with Gasteiger partial charge in [0.2, 0.25) is 0 Å². The number of aromatic amines is 1. The maximum absolute atomic E-state index is 9.94. The van der Waals surface area contributed by atoms with Crippen LogP contribution < -0.4 is 10.1 Å². The number of hydrogen-bond donors (Lipinski definition) is 3. The number of rotatable bonds is 10. The Labute approximate surface area is 126 Å². The first kappa shape index (κ1) is 15.9. The number of nitrogens with one attached hydrogen (secondary N) is 2. The monoisotopic (exact) mass is 290 g/mol. The van der Waals surface area contributed by atoms with Crippen LogP contribution in [0.5, 0.6) is 5.75 Å². The van der Waals surface area contributed by atoms with Crippen LogP contribution in [-0.2, 0) is 0 Å². The lowest BCUT2D eigenvalue weighted by molar-refractivity contribution is 0.107. The van der Waals surface area contributed by atoms with Gasteiger partial charge >= 0.3 is 0 Å². The Kier molecular flexibility index (Phi) is 6.57. The number of ether oxygens (including phenoxy) is 1. The zero-order valence-electron chi connectivity index (χ0n) is 12.8. The van der Waals surface area contributed by atoms with E-state index in [1.807, 2.05) is 30.5 Å². The van der Waals surface area contributed by atoms with Crippen molar-refractivity contribution < 1.29 is 9.84 Å². The molecule has 116 valence electrons. The third-order valence-corrected chi connectivity index (χ3v) is 3.57. The van der Waals surface area contributed by atoms with Crippen molar-refractivity contribution >= 4 is 10.9 Å². The van der Waals surface area contributed by atoms with E-state index in [-0.39, 0.29) is 0 Å². The maximum atomic E-state index is 9.94. The van der Waals surface area contributed by atoms with Crippen molar-refractivity contribution in [3.63, 3.8) is 0 Å². The van der Waals surface area contributed by atoms with Crippen LogP contribution in [0.1, 0.15) is 32.6 Å². The number of hydrogen-bond acceptors (Lipinski definition) is 3. The van der Waals surface area contributed by atoms with Gasteiger partial charge in [0.15, 0.2) is 0 Å². The summed E-state index contributed by atoms with van der Waals surface area (Å²) in [6.07, 6.45) is 6.38. The topological polar surface area (TPSA) is 57.3 Å². The first-order chi connectivity index (χ1) is 10.3. The summed E-state index contributed by atoms with van der Waals surface area (Å²) in [5.74, 6) is 0.816. The van der Waals surface area contributed by atoms with E-state index < -0.39 is 6.10 Å². The van der Waals surface area contributed by atoms with E-state index in [9.17, 15) is 5.11 Å². The molecule has 4 nitrogen and oxygen atoms in total. The molecule has 0 spiro atoms. The molecule has 0 radical (unpaired) electrons. The summed E-state index contributed by atoms with van der Waals surface area (Å²) in [4.78, 5) is 3.15. The van der Waals surface area contributed by atoms with Gasteiger partial charge < -0.3 is 20.1 Å². The minimum atomic E-state index is -0.481. The summed E-state index contributed by atoms with van der Waals surface area (Å²) in [5, 5.41) is 14.3. The molecular formula is C17H26N2O2. The highest BCUT2D eigenvalue weighted by Gasteiger charge is 2.07. The number of fused-ring (bicyclic) bond motifs is 1. The zero-order valence-corrected chi connectivity index (χ0v) is 12.8. The smallest absolute Gasteiger partial charge is 0.128 e. The molecule has 0 fully saturated rings. The second-order valence-electron chi connectivity index (χ2n) is 5.42. The number of aromatic nitrogens is 1. The van der Waals surface area contributed by atoms with Gasteiger partial charge in [-0.2, -0.15) is 0 Å². The fourth-order valence-corrected chi connectivity index (χ4v) is 2.37. The van der Waals surface area contributed by atoms with Crippen molar-refractivity contribution in [2.24, 2.45) is 0 Å². The SMILES string of the molecule is CCCCCCNCC(O)COc1cccc2[nH]ccc12. The maximum Gasteiger partial charge on any atom is 0.128 e. The molecular weight excluding hydrogens is 264 g/mol. The van der Waals surface area contributed by atoms with Crippen molar-refractivity contribution in [3.05, 3.63) is 30.5 Å². The van der Waals surface area contributed by atoms with Gasteiger partial charge in [-0.25, -0.2) is 0 Å². The molecule has 0 saturated heterocycles. The van der Waals surface area contributed by atoms with E-state index in [0.29, 0.717) is 13.2 Å². The lowest BCUT2D eigenvalue weighted by Crippen LogP contribution is -2.32. The third kappa shape index (κ3) is 5.06. The Balaban J connectivity index is 1.67. The van der Waals surface area contributed by atoms with Crippen molar-refractivity contribution in [3.8, 4) is 5.75 Å². The van der Waals surface area contributed by atoms with E-state index in [2.05, 4.69) is 17.2 Å². The molecule has 2 rings (SSSR count). The molecule has 1 heterocycles. The Morgan fingerprint density at radius 2 is 2.14 bits per heavy atom. The van der Waals surface area contributed by atoms with E-state index in [0.717, 1.165) is 23.2 Å². The lowest BCUT2D eigenvalue weighted by atomic mass is 10.2. The molecule has 0 aliphatic heterocycles. The Morgan fingerprint density at radius 1 is 1.24 bits per heavy atom. The second kappa shape index (κ2) is 8.70. The van der Waals surface area contributed by atoms with E-state index in [1.165, 1.54) is 25.7 Å². The highest BCUT2D eigenvalue weighted by molar-refractivity contribution is 5.85. The van der Waals surface area contributed by atoms with Gasteiger partial charge in [0, 0.05) is 23.6 Å². The Hall–Kier alpha value is -1.52. The largest absolute Gasteiger partial charge is 0.490 e. The number of benzene rings is 1. The zero-order chi connectivity index (χ0) is 14.9. The number of unbranched alkanes of at least 4 members (excludes halogenated alkanes) is 3. The quantitative estimate of drug-likeness (QED) is 0.589. The molecule has 3 N–H and O–H groups in total. The predicted molar refractivity (Wildman–Crippen MR) is 86.8 cm³/mol. The first-order valence-corrected chi connectivity index (χ1v) is 7.89. The number of aliphatic hydroxyl groups excluding tert-OH is 1. The minimum absolute atomic E-state index is 0.312. The standard InChI is InChI=1S/C17H26N2O2/c1-2-3-4-5-10-18-12-14(20)13-21-17-8-6-7-16-15(17)9-11-19-16/h6-9,11,14,18-20H,2-5,10,12-13H2,1H3. The van der Waals surface area contributed by atoms with Crippen molar-refractivity contribution in [1.82, 2.24) is 10.3 Å². The second-order valence-corrected chi connectivity index (χ2v) is 5.42. The van der Waals surface area contributed by atoms with Crippen LogP contribution in [0.3, 0.4) is 0 Å². The molecule has 0 bridgehead atoms. The Bertz CT molecular complexity index is 524. The van der Waals surface area contributed by atoms with E-state index in [4.69, 9.17) is 4.74 Å². The van der Waals surface area contributed by atoms with Gasteiger partial charge in [-0.1, -0.05) is 32.3 Å². The summed E-state index contributed by atoms with van der Waals surface area (Å²) in [6, 6.07) is 7.88. The third-order valence-electron chi connectivity index (χ3n) is 3.57. The predicted octanol–water partition coefficient (Wildman–Crippen LogP) is 3.08. The van der Waals surface area contributed by atoms with Gasteiger partial charge in [-0.3, -0.25) is 0 Å². The van der Waals surface area contributed by atoms with Crippen molar-refractivity contribution in [2.45, 2.75) is 38.7 Å². The highest BCUT2D eigenvalue weighted by atomic mass is 16.5. The van der Waals surface area contributed by atoms with Gasteiger partial charge in [-0.15, -0.1) is 0 Å². The normalized spacial score (nSPS) is 12.7. The molecule has 0 saturated carbocycles. The average molecular weight is 290 g/mol. The molecule has 1 atom stereocenters. The molecule has 1 aromatic heterocycles. The van der Waals surface area contributed by atoms with Gasteiger partial charge in [0.25, 0.3) is 0 Å². The van der Waals surface area contributed by atoms with Crippen LogP contribution in [0.25, 0.3) is 10.9 Å². The summed E-state index contributed by atoms with van der Waals surface area (Å²) >= 11 is 0. The lowest BCUT2D eigenvalue weighted by Gasteiger charge is -2.14. The molecule has 2 aromatic rings. The molecule has 1 aromatic carbocycles. The van der Waals surface area contributed by atoms with Crippen molar-refractivity contribution in [2.75, 3.05) is 19.7 Å². The number of aliphatic hydroxyl groups is 1. The van der Waals surface area contributed by atoms with Crippen LogP contribution in [0.2, 0.25) is 0 Å². The molecule has 0 aliphatic rings. The van der Waals surface area contributed by atoms with Crippen LogP contribution >= 0.6 is 0 Å². The summed E-state index contributed by atoms with van der Waals surface area (Å²) in [7, 11) is 0. The average Bonchev–Trinajstić information content (AvgIpc) is 2.97. The minimum Gasteiger partial charge on any atom is -0.490 e.